The first-order chi connectivity index (χ1) is 6.95. The largest absolute Gasteiger partial charge is 0.464 e. The van der Waals surface area contributed by atoms with Crippen molar-refractivity contribution in [3.63, 3.8) is 0 Å². The first kappa shape index (κ1) is 7.63. The van der Waals surface area contributed by atoms with Crippen LogP contribution < -0.4 is 15.2 Å². The van der Waals surface area contributed by atoms with E-state index < -0.39 is 0 Å². The lowest BCUT2D eigenvalue weighted by atomic mass is 10.0. The molecule has 1 heteroatoms. The third kappa shape index (κ3) is 1.02. The number of allylic oxidation sites excluding steroid dienone is 3. The van der Waals surface area contributed by atoms with Gasteiger partial charge in [0.15, 0.2) is 0 Å². The van der Waals surface area contributed by atoms with Gasteiger partial charge in [0.05, 0.1) is 6.26 Å². The van der Waals surface area contributed by atoms with Crippen LogP contribution in [0.4, 0.5) is 0 Å². The van der Waals surface area contributed by atoms with Crippen molar-refractivity contribution in [2.75, 3.05) is 0 Å². The van der Waals surface area contributed by atoms with E-state index in [1.807, 2.05) is 12.1 Å². The maximum atomic E-state index is 5.43. The molecule has 0 N–H and O–H groups in total. The minimum absolute atomic E-state index is 0.956. The number of ether oxygens (including phenoxy) is 1. The van der Waals surface area contributed by atoms with Crippen LogP contribution in [0.15, 0.2) is 36.6 Å². The molecule has 0 bridgehead atoms. The Bertz CT molecular complexity index is 496. The van der Waals surface area contributed by atoms with Crippen molar-refractivity contribution in [2.24, 2.45) is 0 Å². The summed E-state index contributed by atoms with van der Waals surface area (Å²) < 4.78 is 5.43. The van der Waals surface area contributed by atoms with E-state index in [0.29, 0.717) is 0 Å². The van der Waals surface area contributed by atoms with Crippen LogP contribution in [-0.4, -0.2) is 0 Å². The van der Waals surface area contributed by atoms with Crippen molar-refractivity contribution in [3.8, 4) is 5.75 Å². The summed E-state index contributed by atoms with van der Waals surface area (Å²) in [6.07, 6.45) is 13.2. The van der Waals surface area contributed by atoms with Crippen LogP contribution in [0.3, 0.4) is 0 Å². The van der Waals surface area contributed by atoms with Crippen LogP contribution in [0, 0.1) is 0 Å². The Balaban J connectivity index is 2.46. The molecule has 0 saturated heterocycles. The van der Waals surface area contributed by atoms with E-state index in [9.17, 15) is 0 Å². The summed E-state index contributed by atoms with van der Waals surface area (Å²) in [5.41, 5.74) is 1.38. The van der Waals surface area contributed by atoms with Crippen molar-refractivity contribution in [1.82, 2.24) is 0 Å². The van der Waals surface area contributed by atoms with Gasteiger partial charge in [-0.2, -0.15) is 0 Å². The van der Waals surface area contributed by atoms with Crippen molar-refractivity contribution in [1.29, 1.82) is 0 Å². The highest BCUT2D eigenvalue weighted by atomic mass is 16.5. The van der Waals surface area contributed by atoms with E-state index in [2.05, 4.69) is 30.4 Å². The summed E-state index contributed by atoms with van der Waals surface area (Å²) in [5.74, 6) is 0.956. The molecule has 14 heavy (non-hydrogen) atoms. The van der Waals surface area contributed by atoms with Crippen molar-refractivity contribution >= 4 is 12.2 Å². The van der Waals surface area contributed by atoms with Crippen LogP contribution in [-0.2, 0) is 6.42 Å². The van der Waals surface area contributed by atoms with E-state index in [4.69, 9.17) is 4.74 Å². The summed E-state index contributed by atoms with van der Waals surface area (Å²) in [4.78, 5) is 0. The second-order valence-electron chi connectivity index (χ2n) is 3.46. The number of benzene rings is 1. The zero-order valence-electron chi connectivity index (χ0n) is 7.73. The third-order valence-electron chi connectivity index (χ3n) is 2.61. The van der Waals surface area contributed by atoms with Gasteiger partial charge in [0.2, 0.25) is 0 Å². The molecule has 0 fully saturated rings. The van der Waals surface area contributed by atoms with Gasteiger partial charge in [-0.25, -0.2) is 0 Å². The predicted octanol–water partition coefficient (Wildman–Crippen LogP) is 1.27. The van der Waals surface area contributed by atoms with Gasteiger partial charge in [0.1, 0.15) is 5.75 Å². The number of hydrogen-bond donors (Lipinski definition) is 0. The zero-order chi connectivity index (χ0) is 9.38. The standard InChI is InChI=1S/C13H10O/c1-2-5-11-10(4-1)7-8-13-12(11)6-3-9-14-13/h1-3,5-9H,4H2. The first-order valence-electron chi connectivity index (χ1n) is 4.77. The second kappa shape index (κ2) is 2.88. The lowest BCUT2D eigenvalue weighted by Crippen LogP contribution is -2.31. The maximum absolute atomic E-state index is 5.43. The lowest BCUT2D eigenvalue weighted by molar-refractivity contribution is 0.473. The van der Waals surface area contributed by atoms with E-state index in [1.165, 1.54) is 16.0 Å². The van der Waals surface area contributed by atoms with E-state index in [-0.39, 0.29) is 0 Å². The molecule has 1 aromatic carbocycles. The normalized spacial score (nSPS) is 16.0. The number of hydrogen-bond acceptors (Lipinski definition) is 1. The maximum Gasteiger partial charge on any atom is 0.134 e. The Morgan fingerprint density at radius 1 is 1.00 bits per heavy atom. The van der Waals surface area contributed by atoms with Gasteiger partial charge >= 0.3 is 0 Å². The van der Waals surface area contributed by atoms with E-state index in [1.54, 1.807) is 6.26 Å². The lowest BCUT2D eigenvalue weighted by Gasteiger charge is -2.10. The molecule has 0 atom stereocenters. The van der Waals surface area contributed by atoms with Crippen LogP contribution in [0.1, 0.15) is 5.56 Å². The predicted molar refractivity (Wildman–Crippen MR) is 57.2 cm³/mol. The van der Waals surface area contributed by atoms with Crippen LogP contribution >= 0.6 is 0 Å². The minimum Gasteiger partial charge on any atom is -0.464 e. The summed E-state index contributed by atoms with van der Waals surface area (Å²) in [7, 11) is 0. The van der Waals surface area contributed by atoms with Gasteiger partial charge in [-0.1, -0.05) is 24.3 Å². The zero-order valence-corrected chi connectivity index (χ0v) is 7.73. The molecule has 0 saturated carbocycles. The topological polar surface area (TPSA) is 9.23 Å². The Hall–Kier alpha value is -1.76. The molecule has 1 aliphatic heterocycles. The smallest absolute Gasteiger partial charge is 0.134 e. The van der Waals surface area contributed by atoms with Gasteiger partial charge in [-0.3, -0.25) is 0 Å². The highest BCUT2D eigenvalue weighted by molar-refractivity contribution is 5.53. The van der Waals surface area contributed by atoms with Crippen LogP contribution in [0.2, 0.25) is 0 Å². The molecule has 3 rings (SSSR count). The highest BCUT2D eigenvalue weighted by Gasteiger charge is 2.04. The monoisotopic (exact) mass is 182 g/mol. The molecule has 1 nitrogen and oxygen atoms in total. The van der Waals surface area contributed by atoms with Gasteiger partial charge in [0.25, 0.3) is 0 Å². The van der Waals surface area contributed by atoms with E-state index in [0.717, 1.165) is 12.2 Å². The van der Waals surface area contributed by atoms with E-state index >= 15 is 0 Å². The fourth-order valence-electron chi connectivity index (χ4n) is 1.92. The Morgan fingerprint density at radius 2 is 1.93 bits per heavy atom. The molecule has 0 radical (unpaired) electrons. The average Bonchev–Trinajstić information content (AvgIpc) is 2.29. The van der Waals surface area contributed by atoms with Gasteiger partial charge in [-0.05, 0) is 35.4 Å². The van der Waals surface area contributed by atoms with Crippen LogP contribution in [0.5, 0.6) is 5.75 Å². The molecular weight excluding hydrogens is 172 g/mol. The van der Waals surface area contributed by atoms with Gasteiger partial charge in [-0.15, -0.1) is 0 Å². The van der Waals surface area contributed by atoms with Crippen LogP contribution in [0.25, 0.3) is 12.2 Å². The molecular formula is C13H10O. The molecule has 2 aliphatic rings. The first-order valence-corrected chi connectivity index (χ1v) is 4.77. The average molecular weight is 182 g/mol. The van der Waals surface area contributed by atoms with Gasteiger partial charge in [0, 0.05) is 5.22 Å². The molecule has 1 aromatic rings. The Kier molecular flexibility index (Phi) is 1.57. The number of rotatable bonds is 0. The second-order valence-corrected chi connectivity index (χ2v) is 3.46. The molecule has 0 spiro atoms. The minimum atomic E-state index is 0.956. The summed E-state index contributed by atoms with van der Waals surface area (Å²) in [5, 5.41) is 2.50. The fraction of sp³-hybridized carbons (Fsp3) is 0.0769. The Morgan fingerprint density at radius 3 is 2.93 bits per heavy atom. The number of fused-ring (bicyclic) bond motifs is 3. The highest BCUT2D eigenvalue weighted by Crippen LogP contribution is 2.08. The molecule has 0 amide bonds. The van der Waals surface area contributed by atoms with Gasteiger partial charge < -0.3 is 4.74 Å². The van der Waals surface area contributed by atoms with Crippen molar-refractivity contribution in [3.05, 3.63) is 52.6 Å². The SMILES string of the molecule is C1=CCc2ccc3c(c2=C1)=CC=CO3. The Labute approximate surface area is 82.3 Å². The quantitative estimate of drug-likeness (QED) is 0.587. The molecule has 0 aromatic heterocycles. The third-order valence-corrected chi connectivity index (χ3v) is 2.61. The molecule has 0 unspecified atom stereocenters. The summed E-state index contributed by atoms with van der Waals surface area (Å²) >= 11 is 0. The molecule has 68 valence electrons. The van der Waals surface area contributed by atoms with Crippen molar-refractivity contribution < 1.29 is 4.74 Å². The fourth-order valence-corrected chi connectivity index (χ4v) is 1.92. The van der Waals surface area contributed by atoms with Crippen molar-refractivity contribution in [2.45, 2.75) is 6.42 Å². The molecule has 1 aliphatic carbocycles. The molecule has 1 heterocycles. The summed E-state index contributed by atoms with van der Waals surface area (Å²) in [6.45, 7) is 0. The summed E-state index contributed by atoms with van der Waals surface area (Å²) in [6, 6.07) is 4.18.